The van der Waals surface area contributed by atoms with E-state index in [1.165, 1.54) is 0 Å². The summed E-state index contributed by atoms with van der Waals surface area (Å²) in [6.45, 7) is 1.86. The zero-order valence-electron chi connectivity index (χ0n) is 11.4. The lowest BCUT2D eigenvalue weighted by atomic mass is 10.1. The molecule has 0 spiro atoms. The van der Waals surface area contributed by atoms with Crippen LogP contribution in [-0.2, 0) is 14.8 Å². The Morgan fingerprint density at radius 3 is 2.38 bits per heavy atom. The summed E-state index contributed by atoms with van der Waals surface area (Å²) in [5, 5.41) is 19.5. The van der Waals surface area contributed by atoms with Crippen LogP contribution in [0.5, 0.6) is 0 Å². The molecule has 0 saturated carbocycles. The Morgan fingerprint density at radius 1 is 1.38 bits per heavy atom. The molecule has 1 unspecified atom stereocenters. The third kappa shape index (κ3) is 4.80. The second kappa shape index (κ2) is 7.14. The van der Waals surface area contributed by atoms with E-state index >= 15 is 0 Å². The van der Waals surface area contributed by atoms with E-state index in [4.69, 9.17) is 5.11 Å². The monoisotopic (exact) mass is 316 g/mol. The largest absolute Gasteiger partial charge is 0.480 e. The summed E-state index contributed by atoms with van der Waals surface area (Å²) in [6, 6.07) is 3.02. The number of carboxylic acid groups (broad SMARTS) is 1. The van der Waals surface area contributed by atoms with Gasteiger partial charge in [0.1, 0.15) is 6.04 Å². The number of rotatable bonds is 8. The molecule has 0 aliphatic carbocycles. The first kappa shape index (κ1) is 17.1. The number of sulfonamides is 1. The predicted octanol–water partition coefficient (Wildman–Crippen LogP) is 1.52. The number of hydrogen-bond donors (Lipinski definition) is 2. The van der Waals surface area contributed by atoms with Gasteiger partial charge in [0.15, 0.2) is 0 Å². The molecule has 0 radical (unpaired) electrons. The normalized spacial score (nSPS) is 12.8. The fraction of sp³-hybridized carbons (Fsp3) is 0.417. The molecule has 8 nitrogen and oxygen atoms in total. The Hall–Kier alpha value is -2.00. The van der Waals surface area contributed by atoms with Gasteiger partial charge in [-0.2, -0.15) is 4.72 Å². The number of hydrogen-bond acceptors (Lipinski definition) is 5. The Morgan fingerprint density at radius 2 is 1.95 bits per heavy atom. The number of unbranched alkanes of at least 4 members (excludes halogenated alkanes) is 1. The Labute approximate surface area is 122 Å². The molecule has 1 rings (SSSR count). The molecule has 116 valence electrons. The lowest BCUT2D eigenvalue weighted by Gasteiger charge is -2.14. The smallest absolute Gasteiger partial charge is 0.321 e. The van der Waals surface area contributed by atoms with Crippen LogP contribution in [-0.4, -0.2) is 30.5 Å². The summed E-state index contributed by atoms with van der Waals surface area (Å²) in [6.07, 6.45) is 1.49. The molecule has 0 aromatic heterocycles. The van der Waals surface area contributed by atoms with Crippen LogP contribution in [0.2, 0.25) is 0 Å². The maximum atomic E-state index is 12.0. The highest BCUT2D eigenvalue weighted by Crippen LogP contribution is 2.16. The Bertz CT molecular complexity index is 611. The zero-order valence-corrected chi connectivity index (χ0v) is 12.2. The van der Waals surface area contributed by atoms with Crippen LogP contribution in [0.25, 0.3) is 0 Å². The van der Waals surface area contributed by atoms with Gasteiger partial charge >= 0.3 is 5.97 Å². The van der Waals surface area contributed by atoms with Crippen molar-refractivity contribution in [1.82, 2.24) is 4.72 Å². The average Bonchev–Trinajstić information content (AvgIpc) is 2.43. The van der Waals surface area contributed by atoms with Crippen molar-refractivity contribution in [3.05, 3.63) is 34.4 Å². The topological polar surface area (TPSA) is 127 Å². The van der Waals surface area contributed by atoms with Crippen molar-refractivity contribution in [1.29, 1.82) is 0 Å². The fourth-order valence-electron chi connectivity index (χ4n) is 1.64. The molecular formula is C12H16N2O6S. The molecule has 9 heteroatoms. The minimum absolute atomic E-state index is 0.179. The van der Waals surface area contributed by atoms with Gasteiger partial charge in [-0.25, -0.2) is 8.42 Å². The first-order valence-corrected chi connectivity index (χ1v) is 7.76. The van der Waals surface area contributed by atoms with Gasteiger partial charge in [0.05, 0.1) is 9.82 Å². The number of carbonyl (C=O) groups is 1. The van der Waals surface area contributed by atoms with E-state index in [0.717, 1.165) is 30.7 Å². The van der Waals surface area contributed by atoms with Crippen LogP contribution in [0.3, 0.4) is 0 Å². The lowest BCUT2D eigenvalue weighted by molar-refractivity contribution is -0.384. The molecule has 0 aliphatic rings. The van der Waals surface area contributed by atoms with Gasteiger partial charge in [0, 0.05) is 12.1 Å². The molecule has 0 amide bonds. The number of benzene rings is 1. The van der Waals surface area contributed by atoms with Crippen LogP contribution in [0.4, 0.5) is 5.69 Å². The lowest BCUT2D eigenvalue weighted by Crippen LogP contribution is -2.40. The van der Waals surface area contributed by atoms with Gasteiger partial charge in [-0.15, -0.1) is 0 Å². The standard InChI is InChI=1S/C12H16N2O6S/c1-2-3-4-11(12(15)16)13-21(19,20)10-7-5-9(6-8-10)14(17)18/h5-8,11,13H,2-4H2,1H3,(H,15,16). The molecule has 1 aromatic carbocycles. The number of nitro benzene ring substituents is 1. The Kier molecular flexibility index (Phi) is 5.79. The Balaban J connectivity index is 2.93. The first-order chi connectivity index (χ1) is 9.77. The van der Waals surface area contributed by atoms with E-state index in [0.29, 0.717) is 6.42 Å². The molecular weight excluding hydrogens is 300 g/mol. The van der Waals surface area contributed by atoms with E-state index in [2.05, 4.69) is 4.72 Å². The van der Waals surface area contributed by atoms with Crippen molar-refractivity contribution in [2.45, 2.75) is 37.1 Å². The number of carboxylic acids is 1. The van der Waals surface area contributed by atoms with Gasteiger partial charge < -0.3 is 5.11 Å². The maximum Gasteiger partial charge on any atom is 0.321 e. The molecule has 0 aliphatic heterocycles. The molecule has 0 bridgehead atoms. The SMILES string of the molecule is CCCCC(NS(=O)(=O)c1ccc([N+](=O)[O-])cc1)C(=O)O. The van der Waals surface area contributed by atoms with Gasteiger partial charge in [0.2, 0.25) is 10.0 Å². The first-order valence-electron chi connectivity index (χ1n) is 6.27. The fourth-order valence-corrected chi connectivity index (χ4v) is 2.87. The number of aliphatic carboxylic acids is 1. The summed E-state index contributed by atoms with van der Waals surface area (Å²) < 4.78 is 26.2. The minimum atomic E-state index is -4.03. The third-order valence-electron chi connectivity index (χ3n) is 2.80. The summed E-state index contributed by atoms with van der Waals surface area (Å²) in [7, 11) is -4.03. The maximum absolute atomic E-state index is 12.0. The summed E-state index contributed by atoms with van der Waals surface area (Å²) in [5.74, 6) is -1.26. The number of nitro groups is 1. The summed E-state index contributed by atoms with van der Waals surface area (Å²) in [4.78, 5) is 20.7. The highest BCUT2D eigenvalue weighted by Gasteiger charge is 2.25. The van der Waals surface area contributed by atoms with Gasteiger partial charge in [-0.1, -0.05) is 19.8 Å². The molecule has 0 saturated heterocycles. The van der Waals surface area contributed by atoms with Crippen LogP contribution in [0.15, 0.2) is 29.2 Å². The van der Waals surface area contributed by atoms with Gasteiger partial charge in [-0.3, -0.25) is 14.9 Å². The second-order valence-corrected chi connectivity index (χ2v) is 6.12. The van der Waals surface area contributed by atoms with Crippen LogP contribution >= 0.6 is 0 Å². The van der Waals surface area contributed by atoms with Crippen molar-refractivity contribution in [2.75, 3.05) is 0 Å². The van der Waals surface area contributed by atoms with Crippen molar-refractivity contribution in [3.63, 3.8) is 0 Å². The van der Waals surface area contributed by atoms with Crippen molar-refractivity contribution in [2.24, 2.45) is 0 Å². The summed E-state index contributed by atoms with van der Waals surface area (Å²) in [5.41, 5.74) is -0.241. The molecule has 1 aromatic rings. The predicted molar refractivity (Wildman–Crippen MR) is 74.4 cm³/mol. The molecule has 0 heterocycles. The quantitative estimate of drug-likeness (QED) is 0.553. The van der Waals surface area contributed by atoms with Gasteiger partial charge in [-0.05, 0) is 18.6 Å². The van der Waals surface area contributed by atoms with Crippen LogP contribution in [0.1, 0.15) is 26.2 Å². The third-order valence-corrected chi connectivity index (χ3v) is 4.29. The minimum Gasteiger partial charge on any atom is -0.480 e. The number of nitrogens with one attached hydrogen (secondary N) is 1. The van der Waals surface area contributed by atoms with Crippen LogP contribution in [0, 0.1) is 10.1 Å². The second-order valence-electron chi connectivity index (χ2n) is 4.41. The van der Waals surface area contributed by atoms with Crippen molar-refractivity contribution >= 4 is 21.7 Å². The molecule has 2 N–H and O–H groups in total. The molecule has 21 heavy (non-hydrogen) atoms. The molecule has 0 fully saturated rings. The van der Waals surface area contributed by atoms with Crippen molar-refractivity contribution < 1.29 is 23.2 Å². The number of non-ortho nitro benzene ring substituents is 1. The van der Waals surface area contributed by atoms with E-state index in [1.54, 1.807) is 0 Å². The highest BCUT2D eigenvalue weighted by molar-refractivity contribution is 7.89. The summed E-state index contributed by atoms with van der Waals surface area (Å²) >= 11 is 0. The van der Waals surface area contributed by atoms with E-state index in [1.807, 2.05) is 6.92 Å². The molecule has 1 atom stereocenters. The number of nitrogens with zero attached hydrogens (tertiary/aromatic N) is 1. The average molecular weight is 316 g/mol. The van der Waals surface area contributed by atoms with Gasteiger partial charge in [0.25, 0.3) is 5.69 Å². The van der Waals surface area contributed by atoms with E-state index < -0.39 is 27.0 Å². The van der Waals surface area contributed by atoms with Crippen molar-refractivity contribution in [3.8, 4) is 0 Å². The van der Waals surface area contributed by atoms with E-state index in [9.17, 15) is 23.3 Å². The zero-order chi connectivity index (χ0) is 16.0. The highest BCUT2D eigenvalue weighted by atomic mass is 32.2. The van der Waals surface area contributed by atoms with Crippen LogP contribution < -0.4 is 4.72 Å². The van der Waals surface area contributed by atoms with E-state index in [-0.39, 0.29) is 17.0 Å².